The van der Waals surface area contributed by atoms with Crippen LogP contribution in [0.2, 0.25) is 0 Å². The zero-order valence-corrected chi connectivity index (χ0v) is 18.9. The molecule has 5 rings (SSSR count). The van der Waals surface area contributed by atoms with Gasteiger partial charge < -0.3 is 10.1 Å². The quantitative estimate of drug-likeness (QED) is 0.462. The van der Waals surface area contributed by atoms with E-state index in [1.54, 1.807) is 23.3 Å². The standard InChI is InChI=1S/C27H27N5O2/c33-27(29-18-21-7-4-5-8-23(21)19-31-13-15-34-16-14-31)25-20-32(24-10-2-1-3-11-24)30-26(25)22-9-6-12-28-17-22/h1-12,17,20H,13-16,18-19H2,(H,29,33). The number of nitrogens with zero attached hydrogens (tertiary/aromatic N) is 4. The molecule has 3 heterocycles. The molecule has 0 atom stereocenters. The smallest absolute Gasteiger partial charge is 0.255 e. The van der Waals surface area contributed by atoms with Crippen LogP contribution in [0.4, 0.5) is 0 Å². The lowest BCUT2D eigenvalue weighted by molar-refractivity contribution is 0.0340. The molecular weight excluding hydrogens is 426 g/mol. The van der Waals surface area contributed by atoms with Crippen LogP contribution in [0.5, 0.6) is 0 Å². The van der Waals surface area contributed by atoms with Crippen LogP contribution in [0.25, 0.3) is 16.9 Å². The van der Waals surface area contributed by atoms with Crippen LogP contribution in [0.3, 0.4) is 0 Å². The van der Waals surface area contributed by atoms with Crippen molar-refractivity contribution in [1.29, 1.82) is 0 Å². The van der Waals surface area contributed by atoms with Crippen molar-refractivity contribution in [1.82, 2.24) is 25.0 Å². The first-order valence-corrected chi connectivity index (χ1v) is 11.5. The second-order valence-corrected chi connectivity index (χ2v) is 8.25. The summed E-state index contributed by atoms with van der Waals surface area (Å²) in [7, 11) is 0. The van der Waals surface area contributed by atoms with Crippen LogP contribution < -0.4 is 5.32 Å². The lowest BCUT2D eigenvalue weighted by Gasteiger charge is -2.27. The molecule has 0 saturated carbocycles. The summed E-state index contributed by atoms with van der Waals surface area (Å²) in [6, 6.07) is 21.8. The van der Waals surface area contributed by atoms with Crippen LogP contribution in [-0.2, 0) is 17.8 Å². The number of amides is 1. The van der Waals surface area contributed by atoms with Crippen molar-refractivity contribution in [3.8, 4) is 16.9 Å². The van der Waals surface area contributed by atoms with Gasteiger partial charge in [0, 0.05) is 50.3 Å². The van der Waals surface area contributed by atoms with Crippen LogP contribution in [-0.4, -0.2) is 51.9 Å². The lowest BCUT2D eigenvalue weighted by atomic mass is 10.1. The molecule has 0 unspecified atom stereocenters. The summed E-state index contributed by atoms with van der Waals surface area (Å²) in [5, 5.41) is 7.83. The van der Waals surface area contributed by atoms with E-state index in [2.05, 4.69) is 27.3 Å². The number of hydrogen-bond donors (Lipinski definition) is 1. The number of pyridine rings is 1. The van der Waals surface area contributed by atoms with E-state index in [-0.39, 0.29) is 5.91 Å². The molecule has 172 valence electrons. The Morgan fingerprint density at radius 2 is 1.71 bits per heavy atom. The largest absolute Gasteiger partial charge is 0.379 e. The topological polar surface area (TPSA) is 72.3 Å². The summed E-state index contributed by atoms with van der Waals surface area (Å²) < 4.78 is 7.21. The van der Waals surface area contributed by atoms with Crippen LogP contribution >= 0.6 is 0 Å². The van der Waals surface area contributed by atoms with Gasteiger partial charge in [0.25, 0.3) is 5.91 Å². The molecule has 2 aromatic heterocycles. The minimum absolute atomic E-state index is 0.165. The van der Waals surface area contributed by atoms with Crippen LogP contribution in [0.1, 0.15) is 21.5 Å². The molecule has 1 aliphatic rings. The number of ether oxygens (including phenoxy) is 1. The molecule has 0 aliphatic carbocycles. The highest BCUT2D eigenvalue weighted by Crippen LogP contribution is 2.23. The molecule has 7 heteroatoms. The van der Waals surface area contributed by atoms with Crippen molar-refractivity contribution in [3.63, 3.8) is 0 Å². The van der Waals surface area contributed by atoms with E-state index < -0.39 is 0 Å². The molecule has 0 radical (unpaired) electrons. The van der Waals surface area contributed by atoms with E-state index in [9.17, 15) is 4.79 Å². The molecule has 34 heavy (non-hydrogen) atoms. The van der Waals surface area contributed by atoms with Gasteiger partial charge in [-0.3, -0.25) is 14.7 Å². The Kier molecular flexibility index (Phi) is 6.74. The first-order valence-electron chi connectivity index (χ1n) is 11.5. The van der Waals surface area contributed by atoms with Gasteiger partial charge in [-0.25, -0.2) is 4.68 Å². The molecule has 1 amide bonds. The monoisotopic (exact) mass is 453 g/mol. The molecule has 4 aromatic rings. The van der Waals surface area contributed by atoms with Crippen molar-refractivity contribution in [2.75, 3.05) is 26.3 Å². The molecule has 1 fully saturated rings. The number of rotatable bonds is 7. The third kappa shape index (κ3) is 5.06. The van der Waals surface area contributed by atoms with Gasteiger partial charge in [0.2, 0.25) is 0 Å². The Balaban J connectivity index is 1.37. The van der Waals surface area contributed by atoms with Gasteiger partial charge in [0.05, 0.1) is 24.5 Å². The molecule has 0 spiro atoms. The fourth-order valence-corrected chi connectivity index (χ4v) is 4.12. The van der Waals surface area contributed by atoms with Gasteiger partial charge in [0.1, 0.15) is 5.69 Å². The van der Waals surface area contributed by atoms with E-state index in [1.807, 2.05) is 54.6 Å². The van der Waals surface area contributed by atoms with Crippen LogP contribution in [0, 0.1) is 0 Å². The predicted octanol–water partition coefficient (Wildman–Crippen LogP) is 3.70. The highest BCUT2D eigenvalue weighted by Gasteiger charge is 2.19. The summed E-state index contributed by atoms with van der Waals surface area (Å²) in [6.07, 6.45) is 5.22. The maximum absolute atomic E-state index is 13.3. The zero-order valence-electron chi connectivity index (χ0n) is 18.9. The second-order valence-electron chi connectivity index (χ2n) is 8.25. The van der Waals surface area contributed by atoms with E-state index in [4.69, 9.17) is 9.84 Å². The molecule has 0 bridgehead atoms. The molecule has 7 nitrogen and oxygen atoms in total. The molecule has 1 aliphatic heterocycles. The van der Waals surface area contributed by atoms with Crippen molar-refractivity contribution in [2.45, 2.75) is 13.1 Å². The number of para-hydroxylation sites is 1. The van der Waals surface area contributed by atoms with Crippen molar-refractivity contribution in [2.24, 2.45) is 0 Å². The maximum atomic E-state index is 13.3. The SMILES string of the molecule is O=C(NCc1ccccc1CN1CCOCC1)c1cn(-c2ccccc2)nc1-c1cccnc1. The highest BCUT2D eigenvalue weighted by molar-refractivity contribution is 5.99. The highest BCUT2D eigenvalue weighted by atomic mass is 16.5. The average Bonchev–Trinajstić information content (AvgIpc) is 3.35. The average molecular weight is 454 g/mol. The second kappa shape index (κ2) is 10.4. The number of nitrogens with one attached hydrogen (secondary N) is 1. The normalized spacial score (nSPS) is 14.1. The summed E-state index contributed by atoms with van der Waals surface area (Å²) in [4.78, 5) is 19.9. The van der Waals surface area contributed by atoms with E-state index in [0.717, 1.165) is 49.7 Å². The number of morpholine rings is 1. The number of carbonyl (C=O) groups is 1. The summed E-state index contributed by atoms with van der Waals surface area (Å²) in [5.41, 5.74) is 5.15. The van der Waals surface area contributed by atoms with Gasteiger partial charge in [0.15, 0.2) is 0 Å². The fraction of sp³-hybridized carbons (Fsp3) is 0.222. The molecule has 2 aromatic carbocycles. The van der Waals surface area contributed by atoms with Gasteiger partial charge in [-0.05, 0) is 35.4 Å². The van der Waals surface area contributed by atoms with E-state index >= 15 is 0 Å². The maximum Gasteiger partial charge on any atom is 0.255 e. The van der Waals surface area contributed by atoms with Gasteiger partial charge in [-0.15, -0.1) is 0 Å². The number of carbonyl (C=O) groups excluding carboxylic acids is 1. The van der Waals surface area contributed by atoms with E-state index in [1.165, 1.54) is 5.56 Å². The van der Waals surface area contributed by atoms with Gasteiger partial charge in [-0.2, -0.15) is 5.10 Å². The fourth-order valence-electron chi connectivity index (χ4n) is 4.12. The minimum atomic E-state index is -0.165. The summed E-state index contributed by atoms with van der Waals surface area (Å²) in [5.74, 6) is -0.165. The van der Waals surface area contributed by atoms with Gasteiger partial charge in [-0.1, -0.05) is 42.5 Å². The third-order valence-corrected chi connectivity index (χ3v) is 5.97. The third-order valence-electron chi connectivity index (χ3n) is 5.97. The first kappa shape index (κ1) is 22.0. The molecule has 1 N–H and O–H groups in total. The lowest BCUT2D eigenvalue weighted by Crippen LogP contribution is -2.36. The van der Waals surface area contributed by atoms with Gasteiger partial charge >= 0.3 is 0 Å². The Bertz CT molecular complexity index is 1230. The summed E-state index contributed by atoms with van der Waals surface area (Å²) in [6.45, 7) is 4.68. The zero-order chi connectivity index (χ0) is 23.2. The van der Waals surface area contributed by atoms with Crippen molar-refractivity contribution < 1.29 is 9.53 Å². The number of benzene rings is 2. The van der Waals surface area contributed by atoms with E-state index in [0.29, 0.717) is 17.8 Å². The Morgan fingerprint density at radius 1 is 0.941 bits per heavy atom. The van der Waals surface area contributed by atoms with Crippen molar-refractivity contribution >= 4 is 5.91 Å². The molecule has 1 saturated heterocycles. The Labute approximate surface area is 199 Å². The first-order chi connectivity index (χ1) is 16.8. The molecular formula is C27H27N5O2. The van der Waals surface area contributed by atoms with Crippen LogP contribution in [0.15, 0.2) is 85.3 Å². The summed E-state index contributed by atoms with van der Waals surface area (Å²) >= 11 is 0. The predicted molar refractivity (Wildman–Crippen MR) is 131 cm³/mol. The number of aromatic nitrogens is 3. The Hall–Kier alpha value is -3.81. The number of hydrogen-bond acceptors (Lipinski definition) is 5. The Morgan fingerprint density at radius 3 is 2.47 bits per heavy atom. The van der Waals surface area contributed by atoms with Crippen molar-refractivity contribution in [3.05, 3.63) is 102 Å². The minimum Gasteiger partial charge on any atom is -0.379 e.